The molecule has 9 heteroatoms. The lowest BCUT2D eigenvalue weighted by atomic mass is 10.1. The molecule has 0 saturated heterocycles. The van der Waals surface area contributed by atoms with Crippen molar-refractivity contribution in [2.45, 2.75) is 13.8 Å². The molecule has 0 spiro atoms. The van der Waals surface area contributed by atoms with Crippen LogP contribution in [0.2, 0.25) is 0 Å². The Morgan fingerprint density at radius 1 is 1.04 bits per heavy atom. The first-order valence-corrected chi connectivity index (χ1v) is 9.97. The van der Waals surface area contributed by atoms with Crippen LogP contribution in [0, 0.1) is 13.8 Å². The first-order chi connectivity index (χ1) is 12.2. The standard InChI is InChI=1S/C17H20N4O3S2/c1-11-6-4-9-15(12(11)2)18-17(25)20-19-16(22)13-7-5-8-14(10-13)21-26(3,23)24/h4-10,21H,1-3H3,(H,19,22)(H2,18,20,25). The number of hydrogen-bond acceptors (Lipinski definition) is 4. The maximum Gasteiger partial charge on any atom is 0.269 e. The van der Waals surface area contributed by atoms with Gasteiger partial charge in [0, 0.05) is 16.9 Å². The highest BCUT2D eigenvalue weighted by atomic mass is 32.2. The van der Waals surface area contributed by atoms with Gasteiger partial charge in [0.05, 0.1) is 6.26 Å². The summed E-state index contributed by atoms with van der Waals surface area (Å²) in [6.45, 7) is 3.97. The van der Waals surface area contributed by atoms with Crippen molar-refractivity contribution in [3.8, 4) is 0 Å². The molecule has 0 radical (unpaired) electrons. The van der Waals surface area contributed by atoms with Gasteiger partial charge in [-0.05, 0) is 61.5 Å². The van der Waals surface area contributed by atoms with E-state index in [0.717, 1.165) is 23.1 Å². The fourth-order valence-corrected chi connectivity index (χ4v) is 2.88. The third-order valence-electron chi connectivity index (χ3n) is 3.57. The highest BCUT2D eigenvalue weighted by molar-refractivity contribution is 7.92. The summed E-state index contributed by atoms with van der Waals surface area (Å²) in [7, 11) is -3.42. The summed E-state index contributed by atoms with van der Waals surface area (Å²) in [5.41, 5.74) is 8.70. The minimum Gasteiger partial charge on any atom is -0.331 e. The molecule has 138 valence electrons. The third kappa shape index (κ3) is 5.71. The van der Waals surface area contributed by atoms with Crippen molar-refractivity contribution in [3.63, 3.8) is 0 Å². The van der Waals surface area contributed by atoms with E-state index in [1.54, 1.807) is 18.2 Å². The number of hydrogen-bond donors (Lipinski definition) is 4. The molecular formula is C17H20N4O3S2. The molecule has 0 aliphatic rings. The van der Waals surface area contributed by atoms with Crippen LogP contribution in [0.5, 0.6) is 0 Å². The van der Waals surface area contributed by atoms with E-state index in [2.05, 4.69) is 20.9 Å². The Hall–Kier alpha value is -2.65. The number of carbonyl (C=O) groups is 1. The Labute approximate surface area is 158 Å². The SMILES string of the molecule is Cc1cccc(NC(=S)NNC(=O)c2cccc(NS(C)(=O)=O)c2)c1C. The van der Waals surface area contributed by atoms with Gasteiger partial charge < -0.3 is 5.32 Å². The van der Waals surface area contributed by atoms with Gasteiger partial charge in [0.15, 0.2) is 5.11 Å². The molecule has 7 nitrogen and oxygen atoms in total. The van der Waals surface area contributed by atoms with Crippen LogP contribution < -0.4 is 20.9 Å². The van der Waals surface area contributed by atoms with Crippen molar-refractivity contribution in [2.24, 2.45) is 0 Å². The molecule has 0 heterocycles. The highest BCUT2D eigenvalue weighted by Gasteiger charge is 2.09. The Kier molecular flexibility index (Phi) is 6.17. The number of hydrazine groups is 1. The number of aryl methyl sites for hydroxylation is 1. The van der Waals surface area contributed by atoms with Crippen LogP contribution in [0.4, 0.5) is 11.4 Å². The van der Waals surface area contributed by atoms with Crippen LogP contribution in [-0.4, -0.2) is 25.7 Å². The summed E-state index contributed by atoms with van der Waals surface area (Å²) in [4.78, 5) is 12.2. The van der Waals surface area contributed by atoms with Crippen LogP contribution in [0.15, 0.2) is 42.5 Å². The molecular weight excluding hydrogens is 372 g/mol. The summed E-state index contributed by atoms with van der Waals surface area (Å²) in [5.74, 6) is -0.452. The second-order valence-electron chi connectivity index (χ2n) is 5.74. The Morgan fingerprint density at radius 2 is 1.73 bits per heavy atom. The molecule has 0 saturated carbocycles. The molecule has 2 aromatic rings. The van der Waals surface area contributed by atoms with Crippen LogP contribution in [0.25, 0.3) is 0 Å². The minimum absolute atomic E-state index is 0.234. The van der Waals surface area contributed by atoms with Crippen LogP contribution in [0.1, 0.15) is 21.5 Å². The predicted octanol–water partition coefficient (Wildman–Crippen LogP) is 2.31. The van der Waals surface area contributed by atoms with E-state index in [0.29, 0.717) is 5.69 Å². The highest BCUT2D eigenvalue weighted by Crippen LogP contribution is 2.17. The lowest BCUT2D eigenvalue weighted by molar-refractivity contribution is 0.0944. The number of benzene rings is 2. The number of thiocarbonyl (C=S) groups is 1. The van der Waals surface area contributed by atoms with Crippen molar-refractivity contribution in [3.05, 3.63) is 59.2 Å². The Bertz CT molecular complexity index is 943. The molecule has 0 unspecified atom stereocenters. The maximum atomic E-state index is 12.2. The van der Waals surface area contributed by atoms with E-state index in [1.165, 1.54) is 6.07 Å². The first-order valence-electron chi connectivity index (χ1n) is 7.67. The van der Waals surface area contributed by atoms with Crippen LogP contribution >= 0.6 is 12.2 Å². The first kappa shape index (κ1) is 19.7. The molecule has 4 N–H and O–H groups in total. The van der Waals surface area contributed by atoms with E-state index >= 15 is 0 Å². The second-order valence-corrected chi connectivity index (χ2v) is 7.89. The minimum atomic E-state index is -3.42. The Morgan fingerprint density at radius 3 is 2.42 bits per heavy atom. The third-order valence-corrected chi connectivity index (χ3v) is 4.38. The predicted molar refractivity (Wildman–Crippen MR) is 108 cm³/mol. The van der Waals surface area contributed by atoms with Gasteiger partial charge >= 0.3 is 0 Å². The van der Waals surface area contributed by atoms with E-state index < -0.39 is 15.9 Å². The second kappa shape index (κ2) is 8.15. The van der Waals surface area contributed by atoms with Gasteiger partial charge in [-0.25, -0.2) is 8.42 Å². The fourth-order valence-electron chi connectivity index (χ4n) is 2.16. The van der Waals surface area contributed by atoms with Crippen LogP contribution in [0.3, 0.4) is 0 Å². The molecule has 1 amide bonds. The van der Waals surface area contributed by atoms with Crippen LogP contribution in [-0.2, 0) is 10.0 Å². The average Bonchev–Trinajstić information content (AvgIpc) is 2.55. The Balaban J connectivity index is 1.97. The number of anilines is 2. The number of sulfonamides is 1. The monoisotopic (exact) mass is 392 g/mol. The summed E-state index contributed by atoms with van der Waals surface area (Å²) >= 11 is 5.18. The van der Waals surface area contributed by atoms with Gasteiger partial charge in [-0.1, -0.05) is 18.2 Å². The zero-order chi connectivity index (χ0) is 19.3. The summed E-state index contributed by atoms with van der Waals surface area (Å²) in [5, 5.41) is 3.25. The summed E-state index contributed by atoms with van der Waals surface area (Å²) in [6, 6.07) is 11.9. The number of carbonyl (C=O) groups excluding carboxylic acids is 1. The average molecular weight is 393 g/mol. The molecule has 2 rings (SSSR count). The molecule has 2 aromatic carbocycles. The fraction of sp³-hybridized carbons (Fsp3) is 0.176. The van der Waals surface area contributed by atoms with Gasteiger partial charge in [-0.2, -0.15) is 0 Å². The van der Waals surface area contributed by atoms with E-state index in [-0.39, 0.29) is 10.7 Å². The number of nitrogens with one attached hydrogen (secondary N) is 4. The smallest absolute Gasteiger partial charge is 0.269 e. The summed E-state index contributed by atoms with van der Waals surface area (Å²) in [6.07, 6.45) is 1.04. The van der Waals surface area contributed by atoms with Gasteiger partial charge in [-0.3, -0.25) is 20.4 Å². The molecule has 0 bridgehead atoms. The topological polar surface area (TPSA) is 99.3 Å². The van der Waals surface area contributed by atoms with E-state index in [1.807, 2.05) is 32.0 Å². The zero-order valence-electron chi connectivity index (χ0n) is 14.6. The van der Waals surface area contributed by atoms with Gasteiger partial charge in [0.25, 0.3) is 5.91 Å². The number of amides is 1. The van der Waals surface area contributed by atoms with Gasteiger partial charge in [-0.15, -0.1) is 0 Å². The van der Waals surface area contributed by atoms with Crippen molar-refractivity contribution < 1.29 is 13.2 Å². The lowest BCUT2D eigenvalue weighted by Crippen LogP contribution is -2.43. The van der Waals surface area contributed by atoms with Gasteiger partial charge in [0.2, 0.25) is 10.0 Å². The summed E-state index contributed by atoms with van der Waals surface area (Å²) < 4.78 is 24.9. The molecule has 0 aromatic heterocycles. The number of rotatable bonds is 4. The largest absolute Gasteiger partial charge is 0.331 e. The zero-order valence-corrected chi connectivity index (χ0v) is 16.2. The van der Waals surface area contributed by atoms with E-state index in [9.17, 15) is 13.2 Å². The van der Waals surface area contributed by atoms with Crippen molar-refractivity contribution >= 4 is 44.6 Å². The lowest BCUT2D eigenvalue weighted by Gasteiger charge is -2.14. The molecule has 0 atom stereocenters. The quantitative estimate of drug-likeness (QED) is 0.471. The molecule has 26 heavy (non-hydrogen) atoms. The molecule has 0 aliphatic carbocycles. The molecule has 0 aliphatic heterocycles. The normalized spacial score (nSPS) is 10.7. The van der Waals surface area contributed by atoms with Crippen molar-refractivity contribution in [1.82, 2.24) is 10.9 Å². The van der Waals surface area contributed by atoms with Gasteiger partial charge in [0.1, 0.15) is 0 Å². The molecule has 0 fully saturated rings. The van der Waals surface area contributed by atoms with E-state index in [4.69, 9.17) is 12.2 Å². The van der Waals surface area contributed by atoms with Crippen molar-refractivity contribution in [2.75, 3.05) is 16.3 Å². The maximum absolute atomic E-state index is 12.2. The van der Waals surface area contributed by atoms with Crippen molar-refractivity contribution in [1.29, 1.82) is 0 Å².